The van der Waals surface area contributed by atoms with E-state index in [1.54, 1.807) is 20.1 Å². The van der Waals surface area contributed by atoms with E-state index in [4.69, 9.17) is 9.47 Å². The summed E-state index contributed by atoms with van der Waals surface area (Å²) in [6.45, 7) is 7.49. The van der Waals surface area contributed by atoms with Crippen LogP contribution in [0.5, 0.6) is 5.75 Å². The summed E-state index contributed by atoms with van der Waals surface area (Å²) in [6.07, 6.45) is 1.49. The van der Waals surface area contributed by atoms with Crippen molar-refractivity contribution >= 4 is 17.8 Å². The summed E-state index contributed by atoms with van der Waals surface area (Å²) in [5.74, 6) is 0.139. The molecular formula is C23H29N5O4. The number of methoxy groups -OCH3 is 2. The van der Waals surface area contributed by atoms with Crippen LogP contribution in [-0.4, -0.2) is 44.0 Å². The number of hydrazone groups is 1. The third-order valence-electron chi connectivity index (χ3n) is 5.04. The van der Waals surface area contributed by atoms with Gasteiger partial charge in [-0.25, -0.2) is 5.43 Å². The zero-order valence-corrected chi connectivity index (χ0v) is 19.1. The minimum Gasteiger partial charge on any atom is -0.496 e. The number of hydrogen-bond acceptors (Lipinski definition) is 7. The normalized spacial score (nSPS) is 10.8. The van der Waals surface area contributed by atoms with Crippen molar-refractivity contribution in [2.45, 2.75) is 33.9 Å². The lowest BCUT2D eigenvalue weighted by atomic mass is 10.1. The highest BCUT2D eigenvalue weighted by atomic mass is 16.5. The molecule has 32 heavy (non-hydrogen) atoms. The molecule has 1 heterocycles. The highest BCUT2D eigenvalue weighted by Crippen LogP contribution is 2.24. The second-order valence-corrected chi connectivity index (χ2v) is 7.01. The van der Waals surface area contributed by atoms with Gasteiger partial charge in [-0.15, -0.1) is 0 Å². The molecule has 9 heteroatoms. The molecule has 0 atom stereocenters. The molecule has 0 fully saturated rings. The fourth-order valence-corrected chi connectivity index (χ4v) is 3.36. The van der Waals surface area contributed by atoms with E-state index in [1.165, 1.54) is 17.9 Å². The molecule has 0 radical (unpaired) electrons. The van der Waals surface area contributed by atoms with Crippen molar-refractivity contribution in [3.8, 4) is 11.8 Å². The number of rotatable bonds is 10. The number of anilines is 1. The first-order chi connectivity index (χ1) is 15.4. The van der Waals surface area contributed by atoms with E-state index in [1.807, 2.05) is 24.3 Å². The van der Waals surface area contributed by atoms with Crippen LogP contribution in [0, 0.1) is 18.3 Å². The number of carbonyl (C=O) groups excluding carboxylic acids is 1. The van der Waals surface area contributed by atoms with Gasteiger partial charge in [0.1, 0.15) is 23.9 Å². The topological polar surface area (TPSA) is 109 Å². The van der Waals surface area contributed by atoms with Crippen molar-refractivity contribution < 1.29 is 14.3 Å². The molecule has 0 spiro atoms. The molecule has 1 aromatic heterocycles. The number of aryl methyl sites for hydroxylation is 1. The van der Waals surface area contributed by atoms with Gasteiger partial charge in [0.05, 0.1) is 19.9 Å². The summed E-state index contributed by atoms with van der Waals surface area (Å²) in [4.78, 5) is 27.2. The molecule has 0 saturated carbocycles. The maximum atomic E-state index is 12.6. The Morgan fingerprint density at radius 3 is 2.59 bits per heavy atom. The highest BCUT2D eigenvalue weighted by Gasteiger charge is 2.15. The quantitative estimate of drug-likeness (QED) is 0.449. The van der Waals surface area contributed by atoms with Gasteiger partial charge in [-0.1, -0.05) is 0 Å². The monoisotopic (exact) mass is 439 g/mol. The second kappa shape index (κ2) is 11.7. The van der Waals surface area contributed by atoms with E-state index < -0.39 is 11.5 Å². The van der Waals surface area contributed by atoms with Gasteiger partial charge in [0.2, 0.25) is 0 Å². The smallest absolute Gasteiger partial charge is 0.269 e. The van der Waals surface area contributed by atoms with E-state index >= 15 is 0 Å². The first-order valence-corrected chi connectivity index (χ1v) is 10.3. The van der Waals surface area contributed by atoms with Crippen LogP contribution in [0.4, 0.5) is 5.69 Å². The lowest BCUT2D eigenvalue weighted by Crippen LogP contribution is -2.33. The maximum Gasteiger partial charge on any atom is 0.269 e. The fourth-order valence-electron chi connectivity index (χ4n) is 3.36. The van der Waals surface area contributed by atoms with E-state index in [0.717, 1.165) is 18.8 Å². The van der Waals surface area contributed by atoms with Crippen molar-refractivity contribution in [3.63, 3.8) is 0 Å². The molecule has 2 rings (SSSR count). The number of aromatic nitrogens is 1. The van der Waals surface area contributed by atoms with Gasteiger partial charge in [-0.05, 0) is 39.0 Å². The Morgan fingerprint density at radius 2 is 2.00 bits per heavy atom. The van der Waals surface area contributed by atoms with Crippen LogP contribution < -0.4 is 20.6 Å². The van der Waals surface area contributed by atoms with Gasteiger partial charge in [-0.2, -0.15) is 10.4 Å². The molecule has 0 unspecified atom stereocenters. The molecule has 9 nitrogen and oxygen atoms in total. The Balaban J connectivity index is 2.15. The Labute approximate surface area is 187 Å². The van der Waals surface area contributed by atoms with Crippen molar-refractivity contribution in [2.24, 2.45) is 5.10 Å². The maximum absolute atomic E-state index is 12.6. The molecule has 0 bridgehead atoms. The van der Waals surface area contributed by atoms with Gasteiger partial charge in [-0.3, -0.25) is 9.59 Å². The summed E-state index contributed by atoms with van der Waals surface area (Å²) in [5.41, 5.74) is 4.63. The molecule has 170 valence electrons. The third kappa shape index (κ3) is 5.74. The average Bonchev–Trinajstić information content (AvgIpc) is 2.78. The predicted octanol–water partition coefficient (Wildman–Crippen LogP) is 2.18. The summed E-state index contributed by atoms with van der Waals surface area (Å²) in [7, 11) is 3.06. The summed E-state index contributed by atoms with van der Waals surface area (Å²) in [6, 6.07) is 9.32. The number of nitrogens with zero attached hydrogens (tertiary/aromatic N) is 4. The molecule has 1 aromatic carbocycles. The van der Waals surface area contributed by atoms with Crippen molar-refractivity contribution in [3.05, 3.63) is 57.0 Å². The van der Waals surface area contributed by atoms with E-state index in [2.05, 4.69) is 29.3 Å². The minimum absolute atomic E-state index is 0.0354. The first-order valence-electron chi connectivity index (χ1n) is 10.3. The molecule has 0 aliphatic carbocycles. The van der Waals surface area contributed by atoms with Crippen LogP contribution in [0.25, 0.3) is 0 Å². The van der Waals surface area contributed by atoms with Crippen molar-refractivity contribution in [2.75, 3.05) is 32.2 Å². The van der Waals surface area contributed by atoms with Crippen LogP contribution in [-0.2, 0) is 22.7 Å². The summed E-state index contributed by atoms with van der Waals surface area (Å²) in [5, 5.41) is 13.3. The van der Waals surface area contributed by atoms with Crippen LogP contribution in [0.1, 0.15) is 36.2 Å². The van der Waals surface area contributed by atoms with Crippen LogP contribution >= 0.6 is 0 Å². The number of nitrogens with one attached hydrogen (secondary N) is 1. The second-order valence-electron chi connectivity index (χ2n) is 7.01. The number of benzene rings is 1. The molecular weight excluding hydrogens is 410 g/mol. The van der Waals surface area contributed by atoms with Gasteiger partial charge in [0, 0.05) is 48.8 Å². The standard InChI is InChI=1S/C23H29N5O4/c1-6-27(7-2)19-9-8-17(21(11-19)32-5)13-25-26-22(29)14-28-16(3)10-18(15-31-4)20(12-24)23(28)30/h8-11,13H,6-7,14-15H2,1-5H3,(H,26,29)/b25-13+. The Hall–Kier alpha value is -3.64. The number of amides is 1. The molecule has 1 N–H and O–H groups in total. The Morgan fingerprint density at radius 1 is 1.28 bits per heavy atom. The lowest BCUT2D eigenvalue weighted by Gasteiger charge is -2.21. The van der Waals surface area contributed by atoms with E-state index in [0.29, 0.717) is 22.6 Å². The molecule has 0 aliphatic rings. The van der Waals surface area contributed by atoms with Crippen LogP contribution in [0.3, 0.4) is 0 Å². The summed E-state index contributed by atoms with van der Waals surface area (Å²) < 4.78 is 11.7. The molecule has 0 saturated heterocycles. The predicted molar refractivity (Wildman–Crippen MR) is 123 cm³/mol. The van der Waals surface area contributed by atoms with Gasteiger partial charge >= 0.3 is 0 Å². The first kappa shape index (κ1) is 24.6. The van der Waals surface area contributed by atoms with Gasteiger partial charge in [0.15, 0.2) is 0 Å². The molecule has 2 aromatic rings. The van der Waals surface area contributed by atoms with E-state index in [-0.39, 0.29) is 18.7 Å². The largest absolute Gasteiger partial charge is 0.496 e. The molecule has 1 amide bonds. The number of pyridine rings is 1. The molecule has 0 aliphatic heterocycles. The number of hydrogen-bond donors (Lipinski definition) is 1. The third-order valence-corrected chi connectivity index (χ3v) is 5.04. The highest BCUT2D eigenvalue weighted by molar-refractivity contribution is 5.86. The SMILES string of the molecule is CCN(CC)c1ccc(/C=N/NC(=O)Cn2c(C)cc(COC)c(C#N)c2=O)c(OC)c1. The minimum atomic E-state index is -0.535. The zero-order valence-electron chi connectivity index (χ0n) is 19.1. The fraction of sp³-hybridized carbons (Fsp3) is 0.391. The number of ether oxygens (including phenoxy) is 2. The summed E-state index contributed by atoms with van der Waals surface area (Å²) >= 11 is 0. The van der Waals surface area contributed by atoms with Crippen LogP contribution in [0.2, 0.25) is 0 Å². The lowest BCUT2D eigenvalue weighted by molar-refractivity contribution is -0.121. The average molecular weight is 440 g/mol. The van der Waals surface area contributed by atoms with E-state index in [9.17, 15) is 14.9 Å². The van der Waals surface area contributed by atoms with Gasteiger partial charge in [0.25, 0.3) is 11.5 Å². The number of carbonyl (C=O) groups is 1. The Bertz CT molecular complexity index is 1080. The van der Waals surface area contributed by atoms with Crippen molar-refractivity contribution in [1.82, 2.24) is 9.99 Å². The Kier molecular flexibility index (Phi) is 8.98. The van der Waals surface area contributed by atoms with Gasteiger partial charge < -0.3 is 18.9 Å². The van der Waals surface area contributed by atoms with Crippen LogP contribution in [0.15, 0.2) is 34.2 Å². The van der Waals surface area contributed by atoms with Crippen molar-refractivity contribution in [1.29, 1.82) is 5.26 Å². The number of nitriles is 1. The zero-order chi connectivity index (χ0) is 23.7.